The van der Waals surface area contributed by atoms with E-state index in [4.69, 9.17) is 4.74 Å². The Balaban J connectivity index is 1.96. The highest BCUT2D eigenvalue weighted by Gasteiger charge is 2.43. The maximum atomic E-state index is 5.89. The van der Waals surface area contributed by atoms with Crippen molar-refractivity contribution in [2.75, 3.05) is 0 Å². The Bertz CT molecular complexity index is 1150. The van der Waals surface area contributed by atoms with Crippen molar-refractivity contribution in [3.63, 3.8) is 0 Å². The van der Waals surface area contributed by atoms with Crippen molar-refractivity contribution < 1.29 is 4.74 Å². The zero-order valence-electron chi connectivity index (χ0n) is 12.5. The van der Waals surface area contributed by atoms with E-state index < -0.39 is 0 Å². The number of fused-ring (bicyclic) bond motifs is 10. The van der Waals surface area contributed by atoms with Crippen LogP contribution in [0, 0.1) is 0 Å². The minimum atomic E-state index is 0.239. The molecule has 1 heteroatoms. The summed E-state index contributed by atoms with van der Waals surface area (Å²) >= 11 is 0. The summed E-state index contributed by atoms with van der Waals surface area (Å²) in [7, 11) is 0. The maximum Gasteiger partial charge on any atom is 0.114 e. The Kier molecular flexibility index (Phi) is 2.07. The second kappa shape index (κ2) is 4.01. The molecule has 0 bridgehead atoms. The molecule has 1 aliphatic carbocycles. The van der Waals surface area contributed by atoms with Crippen molar-refractivity contribution in [3.8, 4) is 0 Å². The normalized spacial score (nSPS) is 21.6. The minimum Gasteiger partial charge on any atom is -0.360 e. The standard InChI is InChI=1S/C22H14O/c1-2-6-14-13(5-1)9-10-18-20(14)16-8-4-3-7-15(16)17-11-12-19-22(23-19)21(17)18/h1-12,19,22H. The molecule has 108 valence electrons. The molecule has 1 fully saturated rings. The monoisotopic (exact) mass is 294 g/mol. The lowest BCUT2D eigenvalue weighted by Gasteiger charge is -2.17. The summed E-state index contributed by atoms with van der Waals surface area (Å²) < 4.78 is 5.89. The fourth-order valence-corrected chi connectivity index (χ4v) is 4.19. The fourth-order valence-electron chi connectivity index (χ4n) is 4.19. The summed E-state index contributed by atoms with van der Waals surface area (Å²) in [5.74, 6) is 0. The molecule has 4 aromatic carbocycles. The number of hydrogen-bond donors (Lipinski definition) is 0. The van der Waals surface area contributed by atoms with Gasteiger partial charge in [-0.3, -0.25) is 0 Å². The van der Waals surface area contributed by atoms with Gasteiger partial charge in [0, 0.05) is 0 Å². The molecular weight excluding hydrogens is 280 g/mol. The molecule has 1 heterocycles. The lowest BCUT2D eigenvalue weighted by atomic mass is 9.85. The average Bonchev–Trinajstić information content (AvgIpc) is 3.40. The summed E-state index contributed by atoms with van der Waals surface area (Å²) in [5.41, 5.74) is 2.71. The average molecular weight is 294 g/mol. The first-order chi connectivity index (χ1) is 11.4. The topological polar surface area (TPSA) is 12.5 Å². The van der Waals surface area contributed by atoms with Crippen molar-refractivity contribution in [2.45, 2.75) is 12.2 Å². The van der Waals surface area contributed by atoms with Gasteiger partial charge in [-0.2, -0.15) is 0 Å². The minimum absolute atomic E-state index is 0.239. The van der Waals surface area contributed by atoms with Gasteiger partial charge in [-0.25, -0.2) is 0 Å². The van der Waals surface area contributed by atoms with E-state index in [2.05, 4.69) is 72.8 Å². The van der Waals surface area contributed by atoms with Gasteiger partial charge in [-0.1, -0.05) is 72.8 Å². The quantitative estimate of drug-likeness (QED) is 0.303. The first kappa shape index (κ1) is 11.9. The van der Waals surface area contributed by atoms with Gasteiger partial charge in [-0.05, 0) is 43.4 Å². The molecule has 2 atom stereocenters. The molecule has 6 rings (SSSR count). The highest BCUT2D eigenvalue weighted by molar-refractivity contribution is 6.23. The van der Waals surface area contributed by atoms with Crippen molar-refractivity contribution >= 4 is 38.4 Å². The lowest BCUT2D eigenvalue weighted by molar-refractivity contribution is 0.396. The molecule has 1 saturated heterocycles. The van der Waals surface area contributed by atoms with E-state index in [9.17, 15) is 0 Å². The van der Waals surface area contributed by atoms with Crippen LogP contribution in [0.25, 0.3) is 38.4 Å². The van der Waals surface area contributed by atoms with Crippen LogP contribution in [-0.4, -0.2) is 6.10 Å². The smallest absolute Gasteiger partial charge is 0.114 e. The summed E-state index contributed by atoms with van der Waals surface area (Å²) in [4.78, 5) is 0. The predicted octanol–water partition coefficient (Wildman–Crippen LogP) is 5.61. The van der Waals surface area contributed by atoms with Gasteiger partial charge in [0.1, 0.15) is 12.2 Å². The third kappa shape index (κ3) is 1.45. The van der Waals surface area contributed by atoms with Crippen LogP contribution in [-0.2, 0) is 4.74 Å². The van der Waals surface area contributed by atoms with E-state index in [1.165, 1.54) is 43.4 Å². The SMILES string of the molecule is C1=CC2OC2c2c1c1ccccc1c1c2ccc2ccccc21. The lowest BCUT2D eigenvalue weighted by Crippen LogP contribution is -1.99. The number of rotatable bonds is 0. The van der Waals surface area contributed by atoms with Crippen LogP contribution in [0.3, 0.4) is 0 Å². The molecule has 0 aromatic heterocycles. The predicted molar refractivity (Wildman–Crippen MR) is 95.6 cm³/mol. The molecule has 0 amide bonds. The Morgan fingerprint density at radius 2 is 1.48 bits per heavy atom. The second-order valence-corrected chi connectivity index (χ2v) is 6.46. The van der Waals surface area contributed by atoms with Crippen LogP contribution in [0.5, 0.6) is 0 Å². The number of ether oxygens (including phenoxy) is 1. The summed E-state index contributed by atoms with van der Waals surface area (Å²) in [6.07, 6.45) is 4.97. The summed E-state index contributed by atoms with van der Waals surface area (Å²) in [6, 6.07) is 21.9. The third-order valence-electron chi connectivity index (χ3n) is 5.26. The van der Waals surface area contributed by atoms with Crippen LogP contribution >= 0.6 is 0 Å². The van der Waals surface area contributed by atoms with Crippen LogP contribution in [0.1, 0.15) is 17.2 Å². The first-order valence-corrected chi connectivity index (χ1v) is 8.11. The largest absolute Gasteiger partial charge is 0.360 e. The molecule has 0 radical (unpaired) electrons. The van der Waals surface area contributed by atoms with Gasteiger partial charge in [0.15, 0.2) is 0 Å². The summed E-state index contributed by atoms with van der Waals surface area (Å²) in [5, 5.41) is 8.00. The van der Waals surface area contributed by atoms with Gasteiger partial charge in [0.25, 0.3) is 0 Å². The number of benzene rings is 4. The number of epoxide rings is 1. The molecule has 2 aliphatic rings. The van der Waals surface area contributed by atoms with Crippen molar-refractivity contribution in [3.05, 3.63) is 77.9 Å². The molecule has 0 spiro atoms. The van der Waals surface area contributed by atoms with E-state index in [0.717, 1.165) is 0 Å². The van der Waals surface area contributed by atoms with Gasteiger partial charge < -0.3 is 4.74 Å². The Labute approximate surface area is 133 Å². The van der Waals surface area contributed by atoms with E-state index in [0.29, 0.717) is 0 Å². The van der Waals surface area contributed by atoms with E-state index in [1.807, 2.05) is 0 Å². The van der Waals surface area contributed by atoms with E-state index in [-0.39, 0.29) is 12.2 Å². The molecule has 0 N–H and O–H groups in total. The molecule has 1 aliphatic heterocycles. The van der Waals surface area contributed by atoms with Crippen molar-refractivity contribution in [1.82, 2.24) is 0 Å². The van der Waals surface area contributed by atoms with Gasteiger partial charge >= 0.3 is 0 Å². The third-order valence-corrected chi connectivity index (χ3v) is 5.26. The van der Waals surface area contributed by atoms with Crippen LogP contribution in [0.4, 0.5) is 0 Å². The summed E-state index contributed by atoms with van der Waals surface area (Å²) in [6.45, 7) is 0. The van der Waals surface area contributed by atoms with Crippen molar-refractivity contribution in [2.24, 2.45) is 0 Å². The molecule has 4 aromatic rings. The number of hydrogen-bond acceptors (Lipinski definition) is 1. The van der Waals surface area contributed by atoms with Gasteiger partial charge in [-0.15, -0.1) is 0 Å². The highest BCUT2D eigenvalue weighted by Crippen LogP contribution is 2.51. The Hall–Kier alpha value is -2.64. The van der Waals surface area contributed by atoms with Gasteiger partial charge in [0.2, 0.25) is 0 Å². The Morgan fingerprint density at radius 1 is 0.696 bits per heavy atom. The molecule has 0 saturated carbocycles. The second-order valence-electron chi connectivity index (χ2n) is 6.46. The van der Waals surface area contributed by atoms with Crippen molar-refractivity contribution in [1.29, 1.82) is 0 Å². The first-order valence-electron chi connectivity index (χ1n) is 8.11. The zero-order valence-corrected chi connectivity index (χ0v) is 12.5. The molecule has 2 unspecified atom stereocenters. The van der Waals surface area contributed by atoms with Crippen LogP contribution in [0.15, 0.2) is 66.7 Å². The van der Waals surface area contributed by atoms with Crippen LogP contribution in [0.2, 0.25) is 0 Å². The maximum absolute atomic E-state index is 5.89. The molecular formula is C22H14O. The Morgan fingerprint density at radius 3 is 2.39 bits per heavy atom. The fraction of sp³-hybridized carbons (Fsp3) is 0.0909. The highest BCUT2D eigenvalue weighted by atomic mass is 16.6. The molecule has 23 heavy (non-hydrogen) atoms. The zero-order chi connectivity index (χ0) is 15.0. The van der Waals surface area contributed by atoms with E-state index in [1.54, 1.807) is 0 Å². The van der Waals surface area contributed by atoms with E-state index >= 15 is 0 Å². The molecule has 1 nitrogen and oxygen atoms in total. The van der Waals surface area contributed by atoms with Gasteiger partial charge in [0.05, 0.1) is 0 Å². The van der Waals surface area contributed by atoms with Crippen LogP contribution < -0.4 is 0 Å².